The zero-order chi connectivity index (χ0) is 25.0. The van der Waals surface area contributed by atoms with Crippen LogP contribution in [0.2, 0.25) is 0 Å². The molecule has 1 aliphatic carbocycles. The van der Waals surface area contributed by atoms with E-state index in [0.29, 0.717) is 30.3 Å². The molecule has 0 amide bonds. The van der Waals surface area contributed by atoms with E-state index in [1.54, 1.807) is 6.20 Å². The summed E-state index contributed by atoms with van der Waals surface area (Å²) in [7, 11) is 0. The molecule has 2 aromatic carbocycles. The van der Waals surface area contributed by atoms with E-state index >= 15 is 0 Å². The zero-order valence-electron chi connectivity index (χ0n) is 20.8. The molecule has 6 rings (SSSR count). The minimum Gasteiger partial charge on any atom is -0.371 e. The van der Waals surface area contributed by atoms with Crippen LogP contribution in [0.25, 0.3) is 22.4 Å². The highest BCUT2D eigenvalue weighted by Gasteiger charge is 2.48. The van der Waals surface area contributed by atoms with Crippen molar-refractivity contribution >= 4 is 23.3 Å². The van der Waals surface area contributed by atoms with Gasteiger partial charge in [0.1, 0.15) is 12.2 Å². The van der Waals surface area contributed by atoms with Crippen LogP contribution in [0, 0.1) is 0 Å². The molecule has 4 atom stereocenters. The monoisotopic (exact) mass is 515 g/mol. The Bertz CT molecular complexity index is 1200. The lowest BCUT2D eigenvalue weighted by atomic mass is 9.96. The van der Waals surface area contributed by atoms with E-state index in [1.165, 1.54) is 43.2 Å². The van der Waals surface area contributed by atoms with Gasteiger partial charge >= 0.3 is 0 Å². The summed E-state index contributed by atoms with van der Waals surface area (Å²) in [6, 6.07) is 21.3. The number of hydrogen-bond acceptors (Lipinski definition) is 6. The van der Waals surface area contributed by atoms with Gasteiger partial charge in [-0.3, -0.25) is 0 Å². The number of nitrogens with zero attached hydrogens (tertiary/aromatic N) is 2. The van der Waals surface area contributed by atoms with Gasteiger partial charge in [0.2, 0.25) is 5.95 Å². The Labute approximate surface area is 223 Å². The Kier molecular flexibility index (Phi) is 7.30. The summed E-state index contributed by atoms with van der Waals surface area (Å²) in [6.07, 6.45) is 7.91. The fourth-order valence-corrected chi connectivity index (χ4v) is 5.93. The molecule has 0 unspecified atom stereocenters. The average molecular weight is 516 g/mol. The fraction of sp³-hybridized carbons (Fsp3) is 0.414. The van der Waals surface area contributed by atoms with Gasteiger partial charge in [-0.1, -0.05) is 73.9 Å². The summed E-state index contributed by atoms with van der Waals surface area (Å²) in [4.78, 5) is 9.24. The highest BCUT2D eigenvalue weighted by molar-refractivity contribution is 7.80. The molecule has 1 saturated carbocycles. The van der Waals surface area contributed by atoms with Gasteiger partial charge < -0.3 is 25.4 Å². The van der Waals surface area contributed by atoms with E-state index in [4.69, 9.17) is 26.7 Å². The van der Waals surface area contributed by atoms with Gasteiger partial charge in [0.15, 0.2) is 5.11 Å². The summed E-state index contributed by atoms with van der Waals surface area (Å²) in [5.74, 6) is 0.577. The molecule has 8 heteroatoms. The molecule has 7 nitrogen and oxygen atoms in total. The molecule has 2 aliphatic heterocycles. The highest BCUT2D eigenvalue weighted by atomic mass is 32.1. The summed E-state index contributed by atoms with van der Waals surface area (Å²) in [5.41, 5.74) is 4.30. The third-order valence-electron chi connectivity index (χ3n) is 7.57. The highest BCUT2D eigenvalue weighted by Crippen LogP contribution is 2.29. The molecule has 192 valence electrons. The molecule has 2 saturated heterocycles. The SMILES string of the molecule is S=C(NC1CCCCC1)N[C@H]1CO[C@H]2[C@@H]1OC[C@@H]2Nc1nccc(-c2ccc(-c3ccccc3)cc2)n1. The van der Waals surface area contributed by atoms with Crippen molar-refractivity contribution in [3.05, 3.63) is 66.9 Å². The molecule has 3 aliphatic rings. The minimum atomic E-state index is -0.0765. The quantitative estimate of drug-likeness (QED) is 0.413. The van der Waals surface area contributed by atoms with Gasteiger partial charge in [0.05, 0.1) is 31.0 Å². The zero-order valence-corrected chi connectivity index (χ0v) is 21.6. The Balaban J connectivity index is 1.06. The van der Waals surface area contributed by atoms with E-state index in [9.17, 15) is 0 Å². The lowest BCUT2D eigenvalue weighted by Crippen LogP contribution is -2.51. The molecule has 1 aromatic heterocycles. The Morgan fingerprint density at radius 1 is 0.757 bits per heavy atom. The predicted molar refractivity (Wildman–Crippen MR) is 149 cm³/mol. The van der Waals surface area contributed by atoms with Crippen molar-refractivity contribution < 1.29 is 9.47 Å². The second kappa shape index (κ2) is 11.1. The number of anilines is 1. The number of hydrogen-bond donors (Lipinski definition) is 3. The predicted octanol–water partition coefficient (Wildman–Crippen LogP) is 4.55. The van der Waals surface area contributed by atoms with Crippen molar-refractivity contribution in [3.8, 4) is 22.4 Å². The molecule has 37 heavy (non-hydrogen) atoms. The van der Waals surface area contributed by atoms with Crippen LogP contribution in [-0.2, 0) is 9.47 Å². The number of fused-ring (bicyclic) bond motifs is 1. The second-order valence-electron chi connectivity index (χ2n) is 10.1. The first kappa shape index (κ1) is 24.3. The van der Waals surface area contributed by atoms with Crippen molar-refractivity contribution in [2.75, 3.05) is 18.5 Å². The Hall–Kier alpha value is -3.07. The summed E-state index contributed by atoms with van der Waals surface area (Å²) in [5, 5.41) is 11.1. The second-order valence-corrected chi connectivity index (χ2v) is 10.5. The van der Waals surface area contributed by atoms with E-state index in [0.717, 1.165) is 11.3 Å². The molecule has 0 spiro atoms. The molecular formula is C29H33N5O2S. The minimum absolute atomic E-state index is 0.0209. The van der Waals surface area contributed by atoms with Crippen LogP contribution in [0.15, 0.2) is 66.9 Å². The van der Waals surface area contributed by atoms with Crippen molar-refractivity contribution in [2.45, 2.75) is 62.4 Å². The van der Waals surface area contributed by atoms with E-state index in [-0.39, 0.29) is 24.3 Å². The number of rotatable bonds is 6. The Morgan fingerprint density at radius 2 is 1.43 bits per heavy atom. The molecule has 3 N–H and O–H groups in total. The van der Waals surface area contributed by atoms with Crippen LogP contribution in [0.4, 0.5) is 5.95 Å². The van der Waals surface area contributed by atoms with Crippen LogP contribution in [0.3, 0.4) is 0 Å². The van der Waals surface area contributed by atoms with Crippen LogP contribution in [-0.4, -0.2) is 58.6 Å². The van der Waals surface area contributed by atoms with Crippen molar-refractivity contribution in [1.29, 1.82) is 0 Å². The third-order valence-corrected chi connectivity index (χ3v) is 7.80. The lowest BCUT2D eigenvalue weighted by molar-refractivity contribution is 0.0688. The first-order chi connectivity index (χ1) is 18.2. The smallest absolute Gasteiger partial charge is 0.223 e. The molecular weight excluding hydrogens is 482 g/mol. The van der Waals surface area contributed by atoms with Gasteiger partial charge in [-0.05, 0) is 42.3 Å². The summed E-state index contributed by atoms with van der Waals surface area (Å²) < 4.78 is 12.3. The normalized spacial score (nSPS) is 25.4. The first-order valence-corrected chi connectivity index (χ1v) is 13.7. The molecule has 3 fully saturated rings. The third kappa shape index (κ3) is 5.61. The molecule has 3 heterocycles. The van der Waals surface area contributed by atoms with Gasteiger partial charge in [-0.25, -0.2) is 9.97 Å². The van der Waals surface area contributed by atoms with E-state index in [1.807, 2.05) is 12.1 Å². The molecule has 0 bridgehead atoms. The lowest BCUT2D eigenvalue weighted by Gasteiger charge is -2.26. The fourth-order valence-electron chi connectivity index (χ4n) is 5.61. The van der Waals surface area contributed by atoms with Gasteiger partial charge in [0.25, 0.3) is 0 Å². The Morgan fingerprint density at radius 3 is 2.22 bits per heavy atom. The first-order valence-electron chi connectivity index (χ1n) is 13.3. The maximum atomic E-state index is 6.14. The topological polar surface area (TPSA) is 80.3 Å². The number of ether oxygens (including phenoxy) is 2. The maximum Gasteiger partial charge on any atom is 0.223 e. The van der Waals surface area contributed by atoms with E-state index in [2.05, 4.69) is 69.5 Å². The standard InChI is InChI=1S/C29H33N5O2S/c37-29(31-22-9-5-2-6-10-22)34-25-18-36-26-24(17-35-27(25)26)33-28-30-16-15-23(32-28)21-13-11-20(12-14-21)19-7-3-1-4-8-19/h1,3-4,7-8,11-16,22,24-27H,2,5-6,9-10,17-18H2,(H,30,32,33)(H2,31,34,37)/t24-,25-,26+,27+/m0/s1. The number of thiocarbonyl (C=S) groups is 1. The summed E-state index contributed by atoms with van der Waals surface area (Å²) >= 11 is 5.59. The van der Waals surface area contributed by atoms with Gasteiger partial charge in [-0.15, -0.1) is 0 Å². The molecule has 0 radical (unpaired) electrons. The van der Waals surface area contributed by atoms with Crippen LogP contribution in [0.1, 0.15) is 32.1 Å². The van der Waals surface area contributed by atoms with Crippen molar-refractivity contribution in [1.82, 2.24) is 20.6 Å². The maximum absolute atomic E-state index is 6.14. The number of nitrogens with one attached hydrogen (secondary N) is 3. The number of aromatic nitrogens is 2. The van der Waals surface area contributed by atoms with E-state index < -0.39 is 0 Å². The van der Waals surface area contributed by atoms with Crippen molar-refractivity contribution in [3.63, 3.8) is 0 Å². The van der Waals surface area contributed by atoms with Crippen LogP contribution >= 0.6 is 12.2 Å². The van der Waals surface area contributed by atoms with Crippen molar-refractivity contribution in [2.24, 2.45) is 0 Å². The van der Waals surface area contributed by atoms with Crippen LogP contribution < -0.4 is 16.0 Å². The van der Waals surface area contributed by atoms with Gasteiger partial charge in [0, 0.05) is 17.8 Å². The molecule has 3 aromatic rings. The summed E-state index contributed by atoms with van der Waals surface area (Å²) in [6.45, 7) is 1.10. The van der Waals surface area contributed by atoms with Crippen LogP contribution in [0.5, 0.6) is 0 Å². The number of benzene rings is 2. The van der Waals surface area contributed by atoms with Gasteiger partial charge in [-0.2, -0.15) is 0 Å². The average Bonchev–Trinajstić information content (AvgIpc) is 3.53. The largest absolute Gasteiger partial charge is 0.371 e.